The van der Waals surface area contributed by atoms with Gasteiger partial charge >= 0.3 is 11.9 Å². The molecule has 0 heterocycles. The molecule has 242 valence electrons. The Morgan fingerprint density at radius 2 is 1.22 bits per heavy atom. The normalized spacial score (nSPS) is 12.1. The van der Waals surface area contributed by atoms with Crippen LogP contribution in [0.3, 0.4) is 0 Å². The summed E-state index contributed by atoms with van der Waals surface area (Å²) >= 11 is 1.54. The molecule has 0 bridgehead atoms. The van der Waals surface area contributed by atoms with Gasteiger partial charge in [0.25, 0.3) is 0 Å². The molecule has 0 saturated carbocycles. The molecular formula is C35H66O5S. The maximum absolute atomic E-state index is 13.0. The minimum atomic E-state index is -0.444. The monoisotopic (exact) mass is 598 g/mol. The van der Waals surface area contributed by atoms with Gasteiger partial charge in [-0.2, -0.15) is 11.8 Å². The Kier molecular flexibility index (Phi) is 29.6. The summed E-state index contributed by atoms with van der Waals surface area (Å²) in [4.78, 5) is 36.4. The minimum Gasteiger partial charge on any atom is -0.466 e. The van der Waals surface area contributed by atoms with Crippen LogP contribution in [0.25, 0.3) is 0 Å². The molecule has 0 N–H and O–H groups in total. The Morgan fingerprint density at radius 1 is 0.707 bits per heavy atom. The molecular weight excluding hydrogens is 532 g/mol. The van der Waals surface area contributed by atoms with E-state index in [-0.39, 0.29) is 24.5 Å². The summed E-state index contributed by atoms with van der Waals surface area (Å²) in [7, 11) is 0. The predicted octanol–water partition coefficient (Wildman–Crippen LogP) is 10.3. The number of unbranched alkanes of at least 4 members (excludes halogenated alkanes) is 14. The van der Waals surface area contributed by atoms with Gasteiger partial charge in [-0.1, -0.05) is 124 Å². The first-order valence-electron chi connectivity index (χ1n) is 17.3. The van der Waals surface area contributed by atoms with Crippen molar-refractivity contribution >= 4 is 30.0 Å². The molecule has 0 aromatic heterocycles. The van der Waals surface area contributed by atoms with E-state index < -0.39 is 5.92 Å². The first kappa shape index (κ1) is 40.0. The van der Waals surface area contributed by atoms with Gasteiger partial charge < -0.3 is 14.3 Å². The van der Waals surface area contributed by atoms with E-state index >= 15 is 0 Å². The number of carbonyl (C=O) groups excluding carboxylic acids is 3. The topological polar surface area (TPSA) is 69.7 Å². The molecule has 0 amide bonds. The number of hydrogen-bond acceptors (Lipinski definition) is 6. The second kappa shape index (κ2) is 30.4. The SMILES string of the molecule is CCCCCCCCC(CCCCCCCC)OC(=O)C(CC=O)CSCCC(=O)OCCCCCCCC(C)C. The molecule has 1 atom stereocenters. The smallest absolute Gasteiger partial charge is 0.310 e. The Hall–Kier alpha value is -1.04. The summed E-state index contributed by atoms with van der Waals surface area (Å²) in [6.07, 6.45) is 24.8. The second-order valence-corrected chi connectivity index (χ2v) is 13.4. The van der Waals surface area contributed by atoms with Crippen molar-refractivity contribution in [1.82, 2.24) is 0 Å². The summed E-state index contributed by atoms with van der Waals surface area (Å²) in [5, 5.41) is 0. The van der Waals surface area contributed by atoms with Crippen molar-refractivity contribution < 1.29 is 23.9 Å². The predicted molar refractivity (Wildman–Crippen MR) is 175 cm³/mol. The van der Waals surface area contributed by atoms with E-state index in [1.807, 2.05) is 0 Å². The van der Waals surface area contributed by atoms with Crippen LogP contribution in [0.15, 0.2) is 0 Å². The van der Waals surface area contributed by atoms with Crippen molar-refractivity contribution in [3.05, 3.63) is 0 Å². The largest absolute Gasteiger partial charge is 0.466 e. The van der Waals surface area contributed by atoms with E-state index in [1.165, 1.54) is 102 Å². The highest BCUT2D eigenvalue weighted by Gasteiger charge is 2.23. The molecule has 41 heavy (non-hydrogen) atoms. The maximum Gasteiger partial charge on any atom is 0.310 e. The van der Waals surface area contributed by atoms with Gasteiger partial charge in [0, 0.05) is 17.9 Å². The average Bonchev–Trinajstić information content (AvgIpc) is 2.95. The molecule has 0 aliphatic carbocycles. The summed E-state index contributed by atoms with van der Waals surface area (Å²) < 4.78 is 11.4. The molecule has 0 aromatic rings. The highest BCUT2D eigenvalue weighted by molar-refractivity contribution is 7.99. The van der Waals surface area contributed by atoms with E-state index in [1.54, 1.807) is 0 Å². The third-order valence-electron chi connectivity index (χ3n) is 7.71. The summed E-state index contributed by atoms with van der Waals surface area (Å²) in [5.74, 6) is 1.00. The van der Waals surface area contributed by atoms with Crippen LogP contribution < -0.4 is 0 Å². The van der Waals surface area contributed by atoms with E-state index in [9.17, 15) is 14.4 Å². The first-order chi connectivity index (χ1) is 19.9. The number of carbonyl (C=O) groups is 3. The van der Waals surface area contributed by atoms with Crippen LogP contribution in [-0.2, 0) is 23.9 Å². The van der Waals surface area contributed by atoms with Crippen molar-refractivity contribution in [3.63, 3.8) is 0 Å². The zero-order chi connectivity index (χ0) is 30.4. The van der Waals surface area contributed by atoms with Crippen LogP contribution in [0.1, 0.15) is 169 Å². The van der Waals surface area contributed by atoms with Crippen LogP contribution in [0.4, 0.5) is 0 Å². The number of rotatable bonds is 31. The highest BCUT2D eigenvalue weighted by Crippen LogP contribution is 2.21. The van der Waals surface area contributed by atoms with Crippen LogP contribution in [0, 0.1) is 11.8 Å². The summed E-state index contributed by atoms with van der Waals surface area (Å²) in [6, 6.07) is 0. The molecule has 5 nitrogen and oxygen atoms in total. The van der Waals surface area contributed by atoms with Crippen molar-refractivity contribution in [2.75, 3.05) is 18.1 Å². The number of hydrogen-bond donors (Lipinski definition) is 0. The van der Waals surface area contributed by atoms with E-state index in [0.29, 0.717) is 24.5 Å². The van der Waals surface area contributed by atoms with Crippen LogP contribution in [-0.4, -0.2) is 42.4 Å². The van der Waals surface area contributed by atoms with E-state index in [0.717, 1.165) is 50.7 Å². The Labute approximate surface area is 258 Å². The van der Waals surface area contributed by atoms with Crippen molar-refractivity contribution in [2.45, 2.75) is 175 Å². The summed E-state index contributed by atoms with van der Waals surface area (Å²) in [6.45, 7) is 9.47. The van der Waals surface area contributed by atoms with Gasteiger partial charge in [0.05, 0.1) is 18.9 Å². The van der Waals surface area contributed by atoms with E-state index in [4.69, 9.17) is 9.47 Å². The van der Waals surface area contributed by atoms with Crippen LogP contribution in [0.5, 0.6) is 0 Å². The van der Waals surface area contributed by atoms with Crippen LogP contribution >= 0.6 is 11.8 Å². The second-order valence-electron chi connectivity index (χ2n) is 12.3. The van der Waals surface area contributed by atoms with E-state index in [2.05, 4.69) is 27.7 Å². The van der Waals surface area contributed by atoms with Gasteiger partial charge in [-0.05, 0) is 38.0 Å². The van der Waals surface area contributed by atoms with Crippen molar-refractivity contribution in [2.24, 2.45) is 11.8 Å². The molecule has 0 saturated heterocycles. The Balaban J connectivity index is 4.36. The molecule has 0 aromatic carbocycles. The van der Waals surface area contributed by atoms with Gasteiger partial charge in [0.15, 0.2) is 0 Å². The van der Waals surface area contributed by atoms with Crippen molar-refractivity contribution in [1.29, 1.82) is 0 Å². The van der Waals surface area contributed by atoms with Crippen LogP contribution in [0.2, 0.25) is 0 Å². The quantitative estimate of drug-likeness (QED) is 0.0449. The highest BCUT2D eigenvalue weighted by atomic mass is 32.2. The van der Waals surface area contributed by atoms with Crippen molar-refractivity contribution in [3.8, 4) is 0 Å². The van der Waals surface area contributed by atoms with Gasteiger partial charge in [-0.3, -0.25) is 9.59 Å². The molecule has 0 aliphatic heterocycles. The average molecular weight is 599 g/mol. The zero-order valence-corrected chi connectivity index (χ0v) is 28.3. The standard InChI is InChI=1S/C35H66O5S/c1-5-7-9-11-15-19-23-33(24-20-16-12-10-8-6-2)40-35(38)32(25-27-36)30-41-29-26-34(37)39-28-21-17-13-14-18-22-31(3)4/h27,31-33H,5-26,28-30H2,1-4H3. The molecule has 0 spiro atoms. The van der Waals surface area contributed by atoms with Gasteiger partial charge in [0.1, 0.15) is 12.4 Å². The van der Waals surface area contributed by atoms with Gasteiger partial charge in [-0.15, -0.1) is 0 Å². The lowest BCUT2D eigenvalue weighted by Gasteiger charge is -2.21. The number of thioether (sulfide) groups is 1. The lowest BCUT2D eigenvalue weighted by atomic mass is 10.0. The molecule has 0 radical (unpaired) electrons. The number of aldehydes is 1. The number of esters is 2. The lowest BCUT2D eigenvalue weighted by Crippen LogP contribution is -2.26. The molecule has 0 fully saturated rings. The third kappa shape index (κ3) is 27.5. The fourth-order valence-corrected chi connectivity index (χ4v) is 6.03. The molecule has 6 heteroatoms. The molecule has 0 aliphatic rings. The number of ether oxygens (including phenoxy) is 2. The summed E-state index contributed by atoms with van der Waals surface area (Å²) in [5.41, 5.74) is 0. The van der Waals surface area contributed by atoms with Gasteiger partial charge in [0.2, 0.25) is 0 Å². The fraction of sp³-hybridized carbons (Fsp3) is 0.914. The Bertz CT molecular complexity index is 593. The molecule has 1 unspecified atom stereocenters. The Morgan fingerprint density at radius 3 is 1.76 bits per heavy atom. The van der Waals surface area contributed by atoms with Gasteiger partial charge in [-0.25, -0.2) is 0 Å². The zero-order valence-electron chi connectivity index (χ0n) is 27.4. The lowest BCUT2D eigenvalue weighted by molar-refractivity contribution is -0.154. The third-order valence-corrected chi connectivity index (χ3v) is 8.85. The fourth-order valence-electron chi connectivity index (χ4n) is 5.00. The molecule has 0 rings (SSSR count). The first-order valence-corrected chi connectivity index (χ1v) is 18.5. The maximum atomic E-state index is 13.0. The minimum absolute atomic E-state index is 0.0517.